The second-order valence-corrected chi connectivity index (χ2v) is 5.32. The Hall–Kier alpha value is -2.56. The number of amides is 1. The van der Waals surface area contributed by atoms with Crippen molar-refractivity contribution in [1.82, 2.24) is 20.1 Å². The van der Waals surface area contributed by atoms with Crippen LogP contribution in [0.3, 0.4) is 0 Å². The van der Waals surface area contributed by atoms with Crippen LogP contribution in [0.15, 0.2) is 48.9 Å². The zero-order valence-electron chi connectivity index (χ0n) is 11.9. The predicted molar refractivity (Wildman–Crippen MR) is 82.0 cm³/mol. The van der Waals surface area contributed by atoms with Crippen LogP contribution in [0.4, 0.5) is 0 Å². The third kappa shape index (κ3) is 3.13. The Morgan fingerprint density at radius 3 is 3.14 bits per heavy atom. The second kappa shape index (κ2) is 5.83. The summed E-state index contributed by atoms with van der Waals surface area (Å²) < 4.78 is 1.88. The Morgan fingerprint density at radius 2 is 2.33 bits per heavy atom. The van der Waals surface area contributed by atoms with Crippen molar-refractivity contribution in [1.29, 1.82) is 0 Å². The van der Waals surface area contributed by atoms with Gasteiger partial charge in [0.2, 0.25) is 0 Å². The molecule has 0 bridgehead atoms. The van der Waals surface area contributed by atoms with Crippen molar-refractivity contribution in [3.8, 4) is 0 Å². The van der Waals surface area contributed by atoms with Gasteiger partial charge in [0.1, 0.15) is 0 Å². The van der Waals surface area contributed by atoms with Crippen LogP contribution in [-0.2, 0) is 6.54 Å². The molecule has 2 heterocycles. The molecule has 21 heavy (non-hydrogen) atoms. The molecule has 0 aliphatic rings. The molecule has 5 nitrogen and oxygen atoms in total. The molecule has 1 amide bonds. The highest BCUT2D eigenvalue weighted by atomic mass is 16.1. The van der Waals surface area contributed by atoms with Crippen LogP contribution in [0, 0.1) is 5.92 Å². The van der Waals surface area contributed by atoms with E-state index in [0.29, 0.717) is 18.0 Å². The predicted octanol–water partition coefficient (Wildman–Crippen LogP) is 2.43. The van der Waals surface area contributed by atoms with Crippen molar-refractivity contribution in [3.63, 3.8) is 0 Å². The lowest BCUT2D eigenvalue weighted by Crippen LogP contribution is -2.30. The number of hydrogen-bond acceptors (Lipinski definition) is 2. The molecule has 0 spiro atoms. The van der Waals surface area contributed by atoms with Crippen LogP contribution in [0.1, 0.15) is 17.3 Å². The molecule has 3 rings (SSSR count). The van der Waals surface area contributed by atoms with E-state index in [2.05, 4.69) is 22.3 Å². The van der Waals surface area contributed by atoms with Crippen molar-refractivity contribution in [3.05, 3.63) is 54.5 Å². The summed E-state index contributed by atoms with van der Waals surface area (Å²) in [6.45, 7) is 3.51. The van der Waals surface area contributed by atoms with E-state index >= 15 is 0 Å². The molecule has 0 aliphatic carbocycles. The summed E-state index contributed by atoms with van der Waals surface area (Å²) in [5, 5.41) is 8.25. The Labute approximate surface area is 123 Å². The van der Waals surface area contributed by atoms with Gasteiger partial charge in [-0.15, -0.1) is 0 Å². The molecule has 0 unspecified atom stereocenters. The number of fused-ring (bicyclic) bond motifs is 1. The molecule has 0 saturated heterocycles. The molecule has 2 aromatic heterocycles. The monoisotopic (exact) mass is 282 g/mol. The van der Waals surface area contributed by atoms with Crippen LogP contribution in [-0.4, -0.2) is 27.2 Å². The zero-order valence-corrected chi connectivity index (χ0v) is 11.9. The molecule has 108 valence electrons. The smallest absolute Gasteiger partial charge is 0.251 e. The fraction of sp³-hybridized carbons (Fsp3) is 0.250. The first-order valence-electron chi connectivity index (χ1n) is 7.05. The van der Waals surface area contributed by atoms with Crippen LogP contribution in [0.2, 0.25) is 0 Å². The molecule has 0 saturated carbocycles. The molecular formula is C16H18N4O. The van der Waals surface area contributed by atoms with Gasteiger partial charge in [0.15, 0.2) is 0 Å². The van der Waals surface area contributed by atoms with Crippen LogP contribution in [0.5, 0.6) is 0 Å². The average molecular weight is 282 g/mol. The second-order valence-electron chi connectivity index (χ2n) is 5.32. The van der Waals surface area contributed by atoms with Gasteiger partial charge in [-0.3, -0.25) is 9.48 Å². The summed E-state index contributed by atoms with van der Waals surface area (Å²) in [4.78, 5) is 15.3. The van der Waals surface area contributed by atoms with Gasteiger partial charge >= 0.3 is 0 Å². The lowest BCUT2D eigenvalue weighted by atomic mass is 10.1. The van der Waals surface area contributed by atoms with E-state index in [1.54, 1.807) is 6.20 Å². The van der Waals surface area contributed by atoms with E-state index in [1.807, 2.05) is 47.4 Å². The number of benzene rings is 1. The van der Waals surface area contributed by atoms with Gasteiger partial charge in [0.05, 0.1) is 0 Å². The normalized spacial score (nSPS) is 12.4. The number of aromatic nitrogens is 3. The number of hydrogen-bond donors (Lipinski definition) is 2. The van der Waals surface area contributed by atoms with Crippen LogP contribution in [0.25, 0.3) is 10.9 Å². The van der Waals surface area contributed by atoms with E-state index in [1.165, 1.54) is 0 Å². The average Bonchev–Trinajstić information content (AvgIpc) is 3.14. The standard InChI is InChI=1S/C16H18N4O/c1-12(11-20-8-2-6-19-20)10-18-16(21)14-4-3-13-5-7-17-15(13)9-14/h2-9,12,17H,10-11H2,1H3,(H,18,21)/t12-/m1/s1. The number of nitrogens with one attached hydrogen (secondary N) is 2. The van der Waals surface area contributed by atoms with Gasteiger partial charge in [-0.2, -0.15) is 5.10 Å². The van der Waals surface area contributed by atoms with Gasteiger partial charge in [0, 0.05) is 42.8 Å². The number of aromatic amines is 1. The summed E-state index contributed by atoms with van der Waals surface area (Å²) in [6.07, 6.45) is 5.56. The lowest BCUT2D eigenvalue weighted by Gasteiger charge is -2.12. The maximum absolute atomic E-state index is 12.2. The molecule has 0 radical (unpaired) electrons. The summed E-state index contributed by atoms with van der Waals surface area (Å²) in [5.74, 6) is 0.280. The van der Waals surface area contributed by atoms with Crippen molar-refractivity contribution in [2.45, 2.75) is 13.5 Å². The van der Waals surface area contributed by atoms with E-state index in [9.17, 15) is 4.79 Å². The maximum Gasteiger partial charge on any atom is 0.251 e. The molecule has 1 atom stereocenters. The Bertz CT molecular complexity index is 730. The number of H-pyrrole nitrogens is 1. The largest absolute Gasteiger partial charge is 0.361 e. The van der Waals surface area contributed by atoms with Crippen LogP contribution < -0.4 is 5.32 Å². The SMILES string of the molecule is C[C@H](CNC(=O)c1ccc2cc[nH]c2c1)Cn1cccn1. The van der Waals surface area contributed by atoms with Gasteiger partial charge in [-0.1, -0.05) is 13.0 Å². The van der Waals surface area contributed by atoms with E-state index < -0.39 is 0 Å². The van der Waals surface area contributed by atoms with Gasteiger partial charge < -0.3 is 10.3 Å². The number of carbonyl (C=O) groups excluding carboxylic acids is 1. The topological polar surface area (TPSA) is 62.7 Å². The molecule has 5 heteroatoms. The van der Waals surface area contributed by atoms with Crippen molar-refractivity contribution in [2.24, 2.45) is 5.92 Å². The summed E-state index contributed by atoms with van der Waals surface area (Å²) >= 11 is 0. The summed E-state index contributed by atoms with van der Waals surface area (Å²) in [6, 6.07) is 9.57. The molecule has 3 aromatic rings. The lowest BCUT2D eigenvalue weighted by molar-refractivity contribution is 0.0946. The third-order valence-corrected chi connectivity index (χ3v) is 3.49. The quantitative estimate of drug-likeness (QED) is 0.755. The Balaban J connectivity index is 1.58. The first-order valence-corrected chi connectivity index (χ1v) is 7.05. The highest BCUT2D eigenvalue weighted by Gasteiger charge is 2.09. The van der Waals surface area contributed by atoms with Gasteiger partial charge in [0.25, 0.3) is 5.91 Å². The number of carbonyl (C=O) groups is 1. The van der Waals surface area contributed by atoms with Crippen molar-refractivity contribution >= 4 is 16.8 Å². The third-order valence-electron chi connectivity index (χ3n) is 3.49. The van der Waals surface area contributed by atoms with Crippen LogP contribution >= 0.6 is 0 Å². The van der Waals surface area contributed by atoms with Gasteiger partial charge in [-0.25, -0.2) is 0 Å². The fourth-order valence-corrected chi connectivity index (χ4v) is 2.35. The molecular weight excluding hydrogens is 264 g/mol. The molecule has 0 fully saturated rings. The van der Waals surface area contributed by atoms with E-state index in [0.717, 1.165) is 17.4 Å². The summed E-state index contributed by atoms with van der Waals surface area (Å²) in [5.41, 5.74) is 1.66. The minimum Gasteiger partial charge on any atom is -0.361 e. The highest BCUT2D eigenvalue weighted by molar-refractivity contribution is 5.97. The maximum atomic E-state index is 12.2. The Kier molecular flexibility index (Phi) is 3.73. The minimum atomic E-state index is -0.0428. The minimum absolute atomic E-state index is 0.0428. The van der Waals surface area contributed by atoms with Gasteiger partial charge in [-0.05, 0) is 35.6 Å². The van der Waals surface area contributed by atoms with Crippen molar-refractivity contribution in [2.75, 3.05) is 6.54 Å². The number of nitrogens with zero attached hydrogens (tertiary/aromatic N) is 2. The first-order chi connectivity index (χ1) is 10.2. The number of rotatable bonds is 5. The Morgan fingerprint density at radius 1 is 1.43 bits per heavy atom. The molecule has 1 aromatic carbocycles. The first kappa shape index (κ1) is 13.4. The molecule has 2 N–H and O–H groups in total. The molecule has 0 aliphatic heterocycles. The van der Waals surface area contributed by atoms with E-state index in [4.69, 9.17) is 0 Å². The van der Waals surface area contributed by atoms with E-state index in [-0.39, 0.29) is 5.91 Å². The fourth-order valence-electron chi connectivity index (χ4n) is 2.35. The zero-order chi connectivity index (χ0) is 14.7. The van der Waals surface area contributed by atoms with Crippen molar-refractivity contribution < 1.29 is 4.79 Å². The summed E-state index contributed by atoms with van der Waals surface area (Å²) in [7, 11) is 0. The highest BCUT2D eigenvalue weighted by Crippen LogP contribution is 2.14.